The lowest BCUT2D eigenvalue weighted by Gasteiger charge is -2.31. The molecule has 1 aliphatic rings. The van der Waals surface area contributed by atoms with E-state index in [1.807, 2.05) is 0 Å². The van der Waals surface area contributed by atoms with E-state index in [1.54, 1.807) is 0 Å². The van der Waals surface area contributed by atoms with Gasteiger partial charge in [0.1, 0.15) is 0 Å². The van der Waals surface area contributed by atoms with Crippen molar-refractivity contribution >= 4 is 10.8 Å². The standard InChI is InChI=1S/C15H17N/c16-15(12-6-3-7-12)14-9-8-11-4-1-2-5-13(11)10-14/h1-2,4-5,8-10,12,15H,3,6-7,16H2. The van der Waals surface area contributed by atoms with Gasteiger partial charge in [-0.05, 0) is 41.2 Å². The van der Waals surface area contributed by atoms with Crippen molar-refractivity contribution in [1.29, 1.82) is 0 Å². The fourth-order valence-corrected chi connectivity index (χ4v) is 2.49. The zero-order valence-electron chi connectivity index (χ0n) is 9.39. The van der Waals surface area contributed by atoms with Crippen molar-refractivity contribution in [3.05, 3.63) is 48.0 Å². The van der Waals surface area contributed by atoms with Gasteiger partial charge in [0.05, 0.1) is 0 Å². The van der Waals surface area contributed by atoms with Crippen LogP contribution in [0.2, 0.25) is 0 Å². The van der Waals surface area contributed by atoms with Crippen molar-refractivity contribution in [3.8, 4) is 0 Å². The SMILES string of the molecule is NC(c1ccc2ccccc2c1)C1CCC1. The van der Waals surface area contributed by atoms with Crippen molar-refractivity contribution in [2.24, 2.45) is 11.7 Å². The zero-order chi connectivity index (χ0) is 11.0. The molecule has 0 heterocycles. The second-order valence-corrected chi connectivity index (χ2v) is 4.82. The molecule has 0 amide bonds. The van der Waals surface area contributed by atoms with Crippen molar-refractivity contribution in [1.82, 2.24) is 0 Å². The number of nitrogens with two attached hydrogens (primary N) is 1. The van der Waals surface area contributed by atoms with Crippen LogP contribution in [0.4, 0.5) is 0 Å². The molecule has 1 fully saturated rings. The maximum absolute atomic E-state index is 6.29. The number of rotatable bonds is 2. The van der Waals surface area contributed by atoms with Gasteiger partial charge in [-0.1, -0.05) is 42.8 Å². The molecule has 2 N–H and O–H groups in total. The number of benzene rings is 2. The minimum Gasteiger partial charge on any atom is -0.324 e. The Morgan fingerprint density at radius 3 is 2.44 bits per heavy atom. The average Bonchev–Trinajstić information content (AvgIpc) is 2.26. The smallest absolute Gasteiger partial charge is 0.0323 e. The summed E-state index contributed by atoms with van der Waals surface area (Å²) >= 11 is 0. The van der Waals surface area contributed by atoms with Gasteiger partial charge in [0.15, 0.2) is 0 Å². The molecule has 0 aliphatic heterocycles. The van der Waals surface area contributed by atoms with Crippen LogP contribution in [0.25, 0.3) is 10.8 Å². The molecule has 0 radical (unpaired) electrons. The van der Waals surface area contributed by atoms with E-state index in [0.717, 1.165) is 0 Å². The van der Waals surface area contributed by atoms with Crippen LogP contribution in [0.15, 0.2) is 42.5 Å². The van der Waals surface area contributed by atoms with E-state index in [9.17, 15) is 0 Å². The first kappa shape index (κ1) is 9.86. The number of hydrogen-bond acceptors (Lipinski definition) is 1. The fourth-order valence-electron chi connectivity index (χ4n) is 2.49. The molecule has 0 saturated heterocycles. The molecule has 0 aromatic heterocycles. The van der Waals surface area contributed by atoms with Gasteiger partial charge < -0.3 is 5.73 Å². The van der Waals surface area contributed by atoms with Gasteiger partial charge in [-0.25, -0.2) is 0 Å². The molecule has 1 unspecified atom stereocenters. The predicted molar refractivity (Wildman–Crippen MR) is 68.2 cm³/mol. The van der Waals surface area contributed by atoms with Crippen LogP contribution in [0.5, 0.6) is 0 Å². The Hall–Kier alpha value is -1.34. The molecule has 1 heteroatoms. The Kier molecular flexibility index (Phi) is 2.41. The number of hydrogen-bond donors (Lipinski definition) is 1. The Balaban J connectivity index is 1.97. The predicted octanol–water partition coefficient (Wildman–Crippen LogP) is 3.64. The molecule has 82 valence electrons. The van der Waals surface area contributed by atoms with Gasteiger partial charge in [0.2, 0.25) is 0 Å². The van der Waals surface area contributed by atoms with Crippen LogP contribution in [0.3, 0.4) is 0 Å². The molecule has 1 nitrogen and oxygen atoms in total. The largest absolute Gasteiger partial charge is 0.324 e. The van der Waals surface area contributed by atoms with Gasteiger partial charge in [-0.15, -0.1) is 0 Å². The molecule has 16 heavy (non-hydrogen) atoms. The van der Waals surface area contributed by atoms with Crippen molar-refractivity contribution in [2.75, 3.05) is 0 Å². The summed E-state index contributed by atoms with van der Waals surface area (Å²) in [5, 5.41) is 2.60. The van der Waals surface area contributed by atoms with E-state index >= 15 is 0 Å². The highest BCUT2D eigenvalue weighted by Crippen LogP contribution is 2.36. The quantitative estimate of drug-likeness (QED) is 0.806. The van der Waals surface area contributed by atoms with E-state index < -0.39 is 0 Å². The van der Waals surface area contributed by atoms with E-state index in [4.69, 9.17) is 5.73 Å². The van der Waals surface area contributed by atoms with Crippen LogP contribution in [0.1, 0.15) is 30.9 Å². The summed E-state index contributed by atoms with van der Waals surface area (Å²) < 4.78 is 0. The minimum absolute atomic E-state index is 0.235. The molecule has 2 aromatic carbocycles. The van der Waals surface area contributed by atoms with Crippen LogP contribution in [-0.4, -0.2) is 0 Å². The molecule has 2 aromatic rings. The topological polar surface area (TPSA) is 26.0 Å². The maximum atomic E-state index is 6.29. The summed E-state index contributed by atoms with van der Waals surface area (Å²) in [7, 11) is 0. The second-order valence-electron chi connectivity index (χ2n) is 4.82. The third kappa shape index (κ3) is 1.61. The average molecular weight is 211 g/mol. The molecule has 1 atom stereocenters. The lowest BCUT2D eigenvalue weighted by atomic mass is 9.77. The summed E-state index contributed by atoms with van der Waals surface area (Å²) in [6.45, 7) is 0. The van der Waals surface area contributed by atoms with E-state index in [0.29, 0.717) is 5.92 Å². The summed E-state index contributed by atoms with van der Waals surface area (Å²) in [6, 6.07) is 15.3. The molecular weight excluding hydrogens is 194 g/mol. The first-order valence-corrected chi connectivity index (χ1v) is 6.09. The highest BCUT2D eigenvalue weighted by molar-refractivity contribution is 5.83. The Bertz CT molecular complexity index is 500. The minimum atomic E-state index is 0.235. The van der Waals surface area contributed by atoms with Gasteiger partial charge >= 0.3 is 0 Å². The molecular formula is C15H17N. The number of fused-ring (bicyclic) bond motifs is 1. The highest BCUT2D eigenvalue weighted by atomic mass is 14.7. The van der Waals surface area contributed by atoms with E-state index in [1.165, 1.54) is 35.6 Å². The first-order valence-electron chi connectivity index (χ1n) is 6.09. The lowest BCUT2D eigenvalue weighted by Crippen LogP contribution is -2.26. The van der Waals surface area contributed by atoms with Crippen molar-refractivity contribution in [2.45, 2.75) is 25.3 Å². The van der Waals surface area contributed by atoms with Gasteiger partial charge in [-0.3, -0.25) is 0 Å². The second kappa shape index (κ2) is 3.91. The third-order valence-electron chi connectivity index (χ3n) is 3.82. The molecule has 0 spiro atoms. The lowest BCUT2D eigenvalue weighted by molar-refractivity contribution is 0.264. The summed E-state index contributed by atoms with van der Waals surface area (Å²) in [5.41, 5.74) is 7.59. The molecule has 3 rings (SSSR count). The van der Waals surface area contributed by atoms with Gasteiger partial charge in [-0.2, -0.15) is 0 Å². The monoisotopic (exact) mass is 211 g/mol. The Labute approximate surface area is 96.3 Å². The normalized spacial score (nSPS) is 18.3. The fraction of sp³-hybridized carbons (Fsp3) is 0.333. The van der Waals surface area contributed by atoms with E-state index in [2.05, 4.69) is 42.5 Å². The molecule has 1 saturated carbocycles. The highest BCUT2D eigenvalue weighted by Gasteiger charge is 2.25. The third-order valence-corrected chi connectivity index (χ3v) is 3.82. The molecule has 0 bridgehead atoms. The van der Waals surface area contributed by atoms with E-state index in [-0.39, 0.29) is 6.04 Å². The van der Waals surface area contributed by atoms with Crippen molar-refractivity contribution < 1.29 is 0 Å². The first-order chi connectivity index (χ1) is 7.84. The summed E-state index contributed by atoms with van der Waals surface area (Å²) in [5.74, 6) is 0.709. The van der Waals surface area contributed by atoms with Gasteiger partial charge in [0.25, 0.3) is 0 Å². The van der Waals surface area contributed by atoms with Crippen LogP contribution in [-0.2, 0) is 0 Å². The summed E-state index contributed by atoms with van der Waals surface area (Å²) in [6.07, 6.45) is 3.95. The zero-order valence-corrected chi connectivity index (χ0v) is 9.39. The maximum Gasteiger partial charge on any atom is 0.0323 e. The van der Waals surface area contributed by atoms with Crippen LogP contribution < -0.4 is 5.73 Å². The summed E-state index contributed by atoms with van der Waals surface area (Å²) in [4.78, 5) is 0. The van der Waals surface area contributed by atoms with Gasteiger partial charge in [0, 0.05) is 6.04 Å². The Morgan fingerprint density at radius 1 is 1.00 bits per heavy atom. The molecule has 1 aliphatic carbocycles. The van der Waals surface area contributed by atoms with Crippen molar-refractivity contribution in [3.63, 3.8) is 0 Å². The Morgan fingerprint density at radius 2 is 1.75 bits per heavy atom. The van der Waals surface area contributed by atoms with Crippen LogP contribution >= 0.6 is 0 Å². The van der Waals surface area contributed by atoms with Crippen LogP contribution in [0, 0.1) is 5.92 Å².